The van der Waals surface area contributed by atoms with E-state index in [0.29, 0.717) is 17.7 Å². The summed E-state index contributed by atoms with van der Waals surface area (Å²) in [5.41, 5.74) is 3.33. The highest BCUT2D eigenvalue weighted by atomic mass is 16.5. The summed E-state index contributed by atoms with van der Waals surface area (Å²) in [7, 11) is 1.55. The molecule has 0 aromatic heterocycles. The zero-order valence-electron chi connectivity index (χ0n) is 11.4. The van der Waals surface area contributed by atoms with Gasteiger partial charge in [-0.3, -0.25) is 0 Å². The lowest BCUT2D eigenvalue weighted by molar-refractivity contribution is 0.0477. The summed E-state index contributed by atoms with van der Waals surface area (Å²) in [4.78, 5) is 12.0. The first-order valence-corrected chi connectivity index (χ1v) is 5.95. The standard InChI is InChI=1S/C14H20O4/c1-9-8-10(2)12(13(17-4)11(9)3)14(16)18-7-5-6-15/h8,15H,5-7H2,1-4H3. The SMILES string of the molecule is COc1c(C)c(C)cc(C)c1C(=O)OCCCO. The molecule has 0 atom stereocenters. The first kappa shape index (κ1) is 14.5. The molecule has 0 spiro atoms. The molecule has 0 bridgehead atoms. The third kappa shape index (κ3) is 3.01. The van der Waals surface area contributed by atoms with Gasteiger partial charge in [0.15, 0.2) is 0 Å². The van der Waals surface area contributed by atoms with Crippen LogP contribution in [0.25, 0.3) is 0 Å². The topological polar surface area (TPSA) is 55.8 Å². The highest BCUT2D eigenvalue weighted by Crippen LogP contribution is 2.30. The van der Waals surface area contributed by atoms with Crippen molar-refractivity contribution in [3.63, 3.8) is 0 Å². The van der Waals surface area contributed by atoms with Gasteiger partial charge in [0.25, 0.3) is 0 Å². The Labute approximate surface area is 108 Å². The Morgan fingerprint density at radius 3 is 2.50 bits per heavy atom. The number of hydrogen-bond donors (Lipinski definition) is 1. The zero-order valence-corrected chi connectivity index (χ0v) is 11.4. The van der Waals surface area contributed by atoms with Crippen molar-refractivity contribution < 1.29 is 19.4 Å². The van der Waals surface area contributed by atoms with Gasteiger partial charge in [-0.2, -0.15) is 0 Å². The average molecular weight is 252 g/mol. The van der Waals surface area contributed by atoms with Gasteiger partial charge in [-0.05, 0) is 37.5 Å². The second kappa shape index (κ2) is 6.40. The number of aliphatic hydroxyl groups is 1. The van der Waals surface area contributed by atoms with Crippen LogP contribution in [0, 0.1) is 20.8 Å². The molecule has 0 aliphatic carbocycles. The molecule has 0 saturated carbocycles. The van der Waals surface area contributed by atoms with E-state index in [4.69, 9.17) is 14.6 Å². The lowest BCUT2D eigenvalue weighted by atomic mass is 9.99. The molecule has 4 heteroatoms. The van der Waals surface area contributed by atoms with Crippen molar-refractivity contribution in [2.45, 2.75) is 27.2 Å². The summed E-state index contributed by atoms with van der Waals surface area (Å²) in [6.07, 6.45) is 0.442. The Balaban J connectivity index is 3.07. The van der Waals surface area contributed by atoms with Crippen LogP contribution in [0.4, 0.5) is 0 Å². The molecule has 1 aromatic carbocycles. The smallest absolute Gasteiger partial charge is 0.342 e. The minimum Gasteiger partial charge on any atom is -0.496 e. The fourth-order valence-electron chi connectivity index (χ4n) is 1.86. The molecule has 0 amide bonds. The highest BCUT2D eigenvalue weighted by Gasteiger charge is 2.20. The van der Waals surface area contributed by atoms with E-state index in [1.807, 2.05) is 26.8 Å². The predicted molar refractivity (Wildman–Crippen MR) is 69.2 cm³/mol. The normalized spacial score (nSPS) is 10.3. The van der Waals surface area contributed by atoms with Gasteiger partial charge in [-0.1, -0.05) is 6.07 Å². The second-order valence-electron chi connectivity index (χ2n) is 4.26. The number of hydrogen-bond acceptors (Lipinski definition) is 4. The average Bonchev–Trinajstić information content (AvgIpc) is 2.33. The number of aliphatic hydroxyl groups excluding tert-OH is 1. The van der Waals surface area contributed by atoms with Crippen molar-refractivity contribution in [1.82, 2.24) is 0 Å². The van der Waals surface area contributed by atoms with Crippen LogP contribution in [0.2, 0.25) is 0 Å². The minimum absolute atomic E-state index is 0.0102. The summed E-state index contributed by atoms with van der Waals surface area (Å²) >= 11 is 0. The first-order valence-electron chi connectivity index (χ1n) is 5.95. The lowest BCUT2D eigenvalue weighted by Gasteiger charge is -2.15. The molecule has 0 radical (unpaired) electrons. The van der Waals surface area contributed by atoms with Crippen LogP contribution in [0.1, 0.15) is 33.5 Å². The number of aryl methyl sites for hydroxylation is 2. The molecule has 100 valence electrons. The fraction of sp³-hybridized carbons (Fsp3) is 0.500. The maximum absolute atomic E-state index is 12.0. The van der Waals surface area contributed by atoms with Crippen molar-refractivity contribution in [3.05, 3.63) is 28.3 Å². The molecule has 0 heterocycles. The zero-order chi connectivity index (χ0) is 13.7. The van der Waals surface area contributed by atoms with Gasteiger partial charge in [0.1, 0.15) is 11.3 Å². The molecule has 0 unspecified atom stereocenters. The van der Waals surface area contributed by atoms with Crippen LogP contribution in [0.5, 0.6) is 5.75 Å². The Morgan fingerprint density at radius 1 is 1.28 bits per heavy atom. The van der Waals surface area contributed by atoms with Gasteiger partial charge in [-0.15, -0.1) is 0 Å². The molecular weight excluding hydrogens is 232 g/mol. The molecule has 0 fully saturated rings. The van der Waals surface area contributed by atoms with E-state index >= 15 is 0 Å². The van der Waals surface area contributed by atoms with Crippen LogP contribution >= 0.6 is 0 Å². The predicted octanol–water partition coefficient (Wildman–Crippen LogP) is 2.16. The van der Waals surface area contributed by atoms with Gasteiger partial charge >= 0.3 is 5.97 Å². The summed E-state index contributed by atoms with van der Waals surface area (Å²) in [6, 6.07) is 1.94. The van der Waals surface area contributed by atoms with Crippen LogP contribution in [-0.2, 0) is 4.74 Å². The maximum atomic E-state index is 12.0. The molecule has 18 heavy (non-hydrogen) atoms. The molecule has 1 aromatic rings. The van der Waals surface area contributed by atoms with Crippen LogP contribution in [0.3, 0.4) is 0 Å². The van der Waals surface area contributed by atoms with Gasteiger partial charge in [0.05, 0.1) is 13.7 Å². The van der Waals surface area contributed by atoms with Gasteiger partial charge in [0, 0.05) is 13.0 Å². The molecule has 0 aliphatic heterocycles. The Hall–Kier alpha value is -1.55. The van der Waals surface area contributed by atoms with Crippen molar-refractivity contribution in [2.75, 3.05) is 20.3 Å². The number of esters is 1. The van der Waals surface area contributed by atoms with Crippen molar-refractivity contribution in [3.8, 4) is 5.75 Å². The Morgan fingerprint density at radius 2 is 1.94 bits per heavy atom. The fourth-order valence-corrected chi connectivity index (χ4v) is 1.86. The monoisotopic (exact) mass is 252 g/mol. The molecule has 4 nitrogen and oxygen atoms in total. The van der Waals surface area contributed by atoms with Crippen LogP contribution < -0.4 is 4.74 Å². The lowest BCUT2D eigenvalue weighted by Crippen LogP contribution is -2.12. The Bertz CT molecular complexity index is 438. The number of carbonyl (C=O) groups excluding carboxylic acids is 1. The number of methoxy groups -OCH3 is 1. The Kier molecular flexibility index (Phi) is 5.16. The van der Waals surface area contributed by atoms with E-state index in [-0.39, 0.29) is 13.2 Å². The molecular formula is C14H20O4. The van der Waals surface area contributed by atoms with Crippen LogP contribution in [0.15, 0.2) is 6.07 Å². The number of ether oxygens (including phenoxy) is 2. The largest absolute Gasteiger partial charge is 0.496 e. The summed E-state index contributed by atoms with van der Waals surface area (Å²) in [6.45, 7) is 5.97. The third-order valence-corrected chi connectivity index (χ3v) is 2.93. The minimum atomic E-state index is -0.402. The van der Waals surface area contributed by atoms with E-state index in [1.54, 1.807) is 7.11 Å². The van der Waals surface area contributed by atoms with Crippen molar-refractivity contribution in [2.24, 2.45) is 0 Å². The van der Waals surface area contributed by atoms with Crippen molar-refractivity contribution in [1.29, 1.82) is 0 Å². The molecule has 1 rings (SSSR count). The number of benzene rings is 1. The molecule has 0 aliphatic rings. The van der Waals surface area contributed by atoms with Gasteiger partial charge in [-0.25, -0.2) is 4.79 Å². The van der Waals surface area contributed by atoms with E-state index < -0.39 is 5.97 Å². The summed E-state index contributed by atoms with van der Waals surface area (Å²) < 4.78 is 10.4. The second-order valence-corrected chi connectivity index (χ2v) is 4.26. The summed E-state index contributed by atoms with van der Waals surface area (Å²) in [5, 5.41) is 8.67. The summed E-state index contributed by atoms with van der Waals surface area (Å²) in [5.74, 6) is 0.169. The maximum Gasteiger partial charge on any atom is 0.342 e. The van der Waals surface area contributed by atoms with E-state index in [2.05, 4.69) is 0 Å². The molecule has 0 saturated heterocycles. The van der Waals surface area contributed by atoms with E-state index in [0.717, 1.165) is 16.7 Å². The van der Waals surface area contributed by atoms with Gasteiger partial charge < -0.3 is 14.6 Å². The first-order chi connectivity index (χ1) is 8.52. The molecule has 1 N–H and O–H groups in total. The van der Waals surface area contributed by atoms with Gasteiger partial charge in [0.2, 0.25) is 0 Å². The number of rotatable bonds is 5. The third-order valence-electron chi connectivity index (χ3n) is 2.93. The van der Waals surface area contributed by atoms with E-state index in [9.17, 15) is 4.79 Å². The van der Waals surface area contributed by atoms with Crippen molar-refractivity contribution >= 4 is 5.97 Å². The number of carbonyl (C=O) groups is 1. The highest BCUT2D eigenvalue weighted by molar-refractivity contribution is 5.95. The quantitative estimate of drug-likeness (QED) is 0.644. The van der Waals surface area contributed by atoms with E-state index in [1.165, 1.54) is 0 Å². The van der Waals surface area contributed by atoms with Crippen LogP contribution in [-0.4, -0.2) is 31.4 Å².